The van der Waals surface area contributed by atoms with Gasteiger partial charge in [-0.2, -0.15) is 0 Å². The molecule has 0 fully saturated rings. The molecule has 1 heterocycles. The van der Waals surface area contributed by atoms with Crippen LogP contribution in [0.3, 0.4) is 0 Å². The SMILES string of the molecule is Cc1nc(I)cn1CCCCCCNC(=O)O. The van der Waals surface area contributed by atoms with Crippen molar-refractivity contribution in [3.05, 3.63) is 15.7 Å². The molecule has 0 aliphatic carbocycles. The van der Waals surface area contributed by atoms with Crippen LogP contribution in [0, 0.1) is 10.6 Å². The highest BCUT2D eigenvalue weighted by molar-refractivity contribution is 14.1. The highest BCUT2D eigenvalue weighted by Gasteiger charge is 2.00. The fourth-order valence-corrected chi connectivity index (χ4v) is 2.34. The van der Waals surface area contributed by atoms with Gasteiger partial charge in [0.1, 0.15) is 9.53 Å². The number of aromatic nitrogens is 2. The Hall–Kier alpha value is -0.790. The Bertz CT molecular complexity index is 366. The van der Waals surface area contributed by atoms with E-state index in [0.29, 0.717) is 6.54 Å². The molecule has 1 aromatic heterocycles. The number of halogens is 1. The zero-order valence-electron chi connectivity index (χ0n) is 9.95. The van der Waals surface area contributed by atoms with E-state index in [9.17, 15) is 4.79 Å². The van der Waals surface area contributed by atoms with Crippen LogP contribution >= 0.6 is 22.6 Å². The van der Waals surface area contributed by atoms with Gasteiger partial charge >= 0.3 is 6.09 Å². The number of rotatable bonds is 7. The van der Waals surface area contributed by atoms with E-state index < -0.39 is 6.09 Å². The molecule has 0 saturated carbocycles. The molecule has 0 aromatic carbocycles. The number of nitrogens with one attached hydrogen (secondary N) is 1. The number of amides is 1. The van der Waals surface area contributed by atoms with Crippen LogP contribution in [0.4, 0.5) is 4.79 Å². The van der Waals surface area contributed by atoms with Crippen molar-refractivity contribution in [2.24, 2.45) is 0 Å². The van der Waals surface area contributed by atoms with Crippen molar-refractivity contribution in [1.82, 2.24) is 14.9 Å². The summed E-state index contributed by atoms with van der Waals surface area (Å²) < 4.78 is 3.20. The van der Waals surface area contributed by atoms with Gasteiger partial charge in [0, 0.05) is 19.3 Å². The lowest BCUT2D eigenvalue weighted by molar-refractivity contribution is 0.194. The van der Waals surface area contributed by atoms with Gasteiger partial charge in [0.15, 0.2) is 0 Å². The van der Waals surface area contributed by atoms with Crippen LogP contribution in [0.5, 0.6) is 0 Å². The van der Waals surface area contributed by atoms with E-state index in [0.717, 1.165) is 41.8 Å². The van der Waals surface area contributed by atoms with Gasteiger partial charge in [0.2, 0.25) is 0 Å². The maximum Gasteiger partial charge on any atom is 0.404 e. The normalized spacial score (nSPS) is 10.5. The molecule has 0 saturated heterocycles. The molecule has 0 atom stereocenters. The summed E-state index contributed by atoms with van der Waals surface area (Å²) >= 11 is 2.22. The van der Waals surface area contributed by atoms with E-state index in [1.54, 1.807) is 0 Å². The van der Waals surface area contributed by atoms with Crippen molar-refractivity contribution in [1.29, 1.82) is 0 Å². The number of nitrogens with zero attached hydrogens (tertiary/aromatic N) is 2. The molecule has 0 bridgehead atoms. The third-order valence-electron chi connectivity index (χ3n) is 2.55. The van der Waals surface area contributed by atoms with Crippen LogP contribution < -0.4 is 5.32 Å². The van der Waals surface area contributed by atoms with Gasteiger partial charge in [0.05, 0.1) is 0 Å². The fourth-order valence-electron chi connectivity index (χ4n) is 1.65. The summed E-state index contributed by atoms with van der Waals surface area (Å²) in [5, 5.41) is 10.7. The number of carbonyl (C=O) groups is 1. The Morgan fingerprint density at radius 3 is 2.76 bits per heavy atom. The van der Waals surface area contributed by atoms with Gasteiger partial charge in [0.25, 0.3) is 0 Å². The molecule has 6 heteroatoms. The Balaban J connectivity index is 2.04. The Morgan fingerprint density at radius 1 is 1.47 bits per heavy atom. The van der Waals surface area contributed by atoms with Crippen molar-refractivity contribution in [2.75, 3.05) is 6.54 Å². The third kappa shape index (κ3) is 5.90. The van der Waals surface area contributed by atoms with Crippen LogP contribution in [-0.2, 0) is 6.54 Å². The Morgan fingerprint density at radius 2 is 2.18 bits per heavy atom. The van der Waals surface area contributed by atoms with Crippen molar-refractivity contribution in [2.45, 2.75) is 39.2 Å². The summed E-state index contributed by atoms with van der Waals surface area (Å²) in [6.45, 7) is 3.56. The number of hydrogen-bond acceptors (Lipinski definition) is 2. The number of hydrogen-bond donors (Lipinski definition) is 2. The summed E-state index contributed by atoms with van der Waals surface area (Å²) in [7, 11) is 0. The van der Waals surface area contributed by atoms with E-state index in [4.69, 9.17) is 5.11 Å². The van der Waals surface area contributed by atoms with E-state index in [-0.39, 0.29) is 0 Å². The van der Waals surface area contributed by atoms with Gasteiger partial charge in [-0.1, -0.05) is 12.8 Å². The van der Waals surface area contributed by atoms with Crippen LogP contribution in [0.1, 0.15) is 31.5 Å². The lowest BCUT2D eigenvalue weighted by Gasteiger charge is -2.04. The number of imidazole rings is 1. The Kier molecular flexibility index (Phi) is 6.31. The molecule has 1 aromatic rings. The second-order valence-corrected chi connectivity index (χ2v) is 5.06. The van der Waals surface area contributed by atoms with Gasteiger partial charge in [-0.25, -0.2) is 9.78 Å². The van der Waals surface area contributed by atoms with Gasteiger partial charge in [-0.05, 0) is 42.4 Å². The molecule has 0 spiro atoms. The van der Waals surface area contributed by atoms with Crippen LogP contribution in [0.15, 0.2) is 6.20 Å². The van der Waals surface area contributed by atoms with E-state index in [1.165, 1.54) is 0 Å². The zero-order chi connectivity index (χ0) is 12.7. The maximum atomic E-state index is 10.2. The second-order valence-electron chi connectivity index (χ2n) is 3.95. The average Bonchev–Trinajstić information content (AvgIpc) is 2.55. The first-order valence-corrected chi connectivity index (χ1v) is 6.83. The fraction of sp³-hybridized carbons (Fsp3) is 0.636. The topological polar surface area (TPSA) is 67.2 Å². The average molecular weight is 351 g/mol. The molecule has 2 N–H and O–H groups in total. The minimum Gasteiger partial charge on any atom is -0.465 e. The molecule has 96 valence electrons. The van der Waals surface area contributed by atoms with E-state index in [2.05, 4.69) is 43.7 Å². The Labute approximate surface area is 115 Å². The standard InChI is InChI=1S/C11H18IN3O2/c1-9-14-10(12)8-15(9)7-5-3-2-4-6-13-11(16)17/h8,13H,2-7H2,1H3,(H,16,17). The molecule has 5 nitrogen and oxygen atoms in total. The monoisotopic (exact) mass is 351 g/mol. The second kappa shape index (κ2) is 7.52. The first-order valence-electron chi connectivity index (χ1n) is 5.75. The zero-order valence-corrected chi connectivity index (χ0v) is 12.1. The maximum absolute atomic E-state index is 10.2. The molecule has 17 heavy (non-hydrogen) atoms. The summed E-state index contributed by atoms with van der Waals surface area (Å²) in [6.07, 6.45) is 5.32. The van der Waals surface area contributed by atoms with E-state index in [1.807, 2.05) is 6.92 Å². The highest BCUT2D eigenvalue weighted by atomic mass is 127. The summed E-state index contributed by atoms with van der Waals surface area (Å²) in [5.41, 5.74) is 0. The van der Waals surface area contributed by atoms with Gasteiger partial charge < -0.3 is 15.0 Å². The van der Waals surface area contributed by atoms with Crippen LogP contribution in [-0.4, -0.2) is 27.3 Å². The summed E-state index contributed by atoms with van der Waals surface area (Å²) in [6, 6.07) is 0. The van der Waals surface area contributed by atoms with Crippen LogP contribution in [0.25, 0.3) is 0 Å². The minimum absolute atomic E-state index is 0.553. The van der Waals surface area contributed by atoms with Crippen molar-refractivity contribution < 1.29 is 9.90 Å². The molecule has 0 unspecified atom stereocenters. The first-order chi connectivity index (χ1) is 8.09. The molecular weight excluding hydrogens is 333 g/mol. The quantitative estimate of drug-likeness (QED) is 0.586. The van der Waals surface area contributed by atoms with E-state index >= 15 is 0 Å². The number of carboxylic acid groups (broad SMARTS) is 1. The lowest BCUT2D eigenvalue weighted by atomic mass is 10.2. The van der Waals surface area contributed by atoms with Crippen LogP contribution in [0.2, 0.25) is 0 Å². The molecule has 0 aliphatic heterocycles. The molecule has 1 amide bonds. The molecule has 1 rings (SSSR count). The molecular formula is C11H18IN3O2. The van der Waals surface area contributed by atoms with Crippen molar-refractivity contribution >= 4 is 28.7 Å². The van der Waals surface area contributed by atoms with Gasteiger partial charge in [-0.3, -0.25) is 0 Å². The largest absolute Gasteiger partial charge is 0.465 e. The number of aryl methyl sites for hydroxylation is 2. The predicted octanol–water partition coefficient (Wildman–Crippen LogP) is 2.62. The summed E-state index contributed by atoms with van der Waals surface area (Å²) in [5.74, 6) is 1.06. The highest BCUT2D eigenvalue weighted by Crippen LogP contribution is 2.08. The summed E-state index contributed by atoms with van der Waals surface area (Å²) in [4.78, 5) is 14.5. The number of unbranched alkanes of at least 4 members (excludes halogenated alkanes) is 3. The lowest BCUT2D eigenvalue weighted by Crippen LogP contribution is -2.21. The van der Waals surface area contributed by atoms with Gasteiger partial charge in [-0.15, -0.1) is 0 Å². The van der Waals surface area contributed by atoms with Crippen molar-refractivity contribution in [3.8, 4) is 0 Å². The van der Waals surface area contributed by atoms with Crippen molar-refractivity contribution in [3.63, 3.8) is 0 Å². The molecule has 0 aliphatic rings. The smallest absolute Gasteiger partial charge is 0.404 e. The molecule has 0 radical (unpaired) electrons. The minimum atomic E-state index is -0.936. The first kappa shape index (κ1) is 14.3. The third-order valence-corrected chi connectivity index (χ3v) is 3.07. The predicted molar refractivity (Wildman–Crippen MR) is 74.2 cm³/mol.